The minimum absolute atomic E-state index is 0.0718. The molecule has 0 aromatic heterocycles. The molecule has 120 valence electrons. The first kappa shape index (κ1) is 16.2. The number of rotatable bonds is 5. The number of nitro groups is 1. The molecule has 0 saturated carbocycles. The van der Waals surface area contributed by atoms with Crippen molar-refractivity contribution in [3.05, 3.63) is 33.9 Å². The lowest BCUT2D eigenvalue weighted by Crippen LogP contribution is -2.45. The van der Waals surface area contributed by atoms with Gasteiger partial charge in [0.15, 0.2) is 0 Å². The third-order valence-corrected chi connectivity index (χ3v) is 3.43. The number of nitrogens with zero attached hydrogens (tertiary/aromatic N) is 2. The first-order valence-electron chi connectivity index (χ1n) is 6.79. The molecule has 1 aromatic rings. The van der Waals surface area contributed by atoms with Crippen molar-refractivity contribution in [3.63, 3.8) is 0 Å². The van der Waals surface area contributed by atoms with Crippen LogP contribution in [0.1, 0.15) is 10.4 Å². The fourth-order valence-electron chi connectivity index (χ4n) is 2.40. The van der Waals surface area contributed by atoms with Crippen molar-refractivity contribution in [1.82, 2.24) is 0 Å². The molecular weight excluding hydrogens is 292 g/mol. The molecule has 1 aliphatic heterocycles. The third-order valence-electron chi connectivity index (χ3n) is 3.43. The average Bonchev–Trinajstić information content (AvgIpc) is 2.54. The van der Waals surface area contributed by atoms with E-state index in [1.807, 2.05) is 4.90 Å². The van der Waals surface area contributed by atoms with Crippen LogP contribution in [0.25, 0.3) is 0 Å². The number of non-ortho nitro benzene ring substituents is 1. The van der Waals surface area contributed by atoms with Crippen molar-refractivity contribution >= 4 is 17.3 Å². The second-order valence-electron chi connectivity index (χ2n) is 4.84. The van der Waals surface area contributed by atoms with Gasteiger partial charge in [0.25, 0.3) is 5.69 Å². The summed E-state index contributed by atoms with van der Waals surface area (Å²) in [4.78, 5) is 24.3. The Morgan fingerprint density at radius 3 is 2.91 bits per heavy atom. The summed E-state index contributed by atoms with van der Waals surface area (Å²) in [5.74, 6) is -0.528. The van der Waals surface area contributed by atoms with Gasteiger partial charge < -0.3 is 19.1 Å². The summed E-state index contributed by atoms with van der Waals surface area (Å²) in [5, 5.41) is 11.0. The van der Waals surface area contributed by atoms with E-state index in [1.54, 1.807) is 7.11 Å². The Balaban J connectivity index is 2.35. The largest absolute Gasteiger partial charge is 0.465 e. The molecule has 8 heteroatoms. The predicted octanol–water partition coefficient (Wildman–Crippen LogP) is 1.23. The summed E-state index contributed by atoms with van der Waals surface area (Å²) in [7, 11) is 2.86. The molecule has 1 heterocycles. The molecule has 0 amide bonds. The van der Waals surface area contributed by atoms with E-state index in [-0.39, 0.29) is 11.8 Å². The number of ether oxygens (including phenoxy) is 3. The molecule has 8 nitrogen and oxygen atoms in total. The molecular formula is C14H18N2O6. The summed E-state index contributed by atoms with van der Waals surface area (Å²) >= 11 is 0. The van der Waals surface area contributed by atoms with Gasteiger partial charge in [-0.15, -0.1) is 0 Å². The number of morpholine rings is 1. The van der Waals surface area contributed by atoms with Crippen LogP contribution in [-0.4, -0.2) is 57.5 Å². The molecule has 1 aromatic carbocycles. The normalized spacial score (nSPS) is 18.1. The van der Waals surface area contributed by atoms with Gasteiger partial charge in [-0.1, -0.05) is 0 Å². The van der Waals surface area contributed by atoms with Crippen molar-refractivity contribution in [3.8, 4) is 0 Å². The molecule has 1 aliphatic rings. The van der Waals surface area contributed by atoms with Crippen LogP contribution < -0.4 is 4.90 Å². The molecule has 2 rings (SSSR count). The second-order valence-corrected chi connectivity index (χ2v) is 4.84. The smallest absolute Gasteiger partial charge is 0.339 e. The highest BCUT2D eigenvalue weighted by molar-refractivity contribution is 5.96. The van der Waals surface area contributed by atoms with Gasteiger partial charge in [-0.05, 0) is 6.07 Å². The van der Waals surface area contributed by atoms with Crippen LogP contribution in [0, 0.1) is 10.1 Å². The van der Waals surface area contributed by atoms with Crippen LogP contribution in [0.15, 0.2) is 18.2 Å². The number of methoxy groups -OCH3 is 2. The van der Waals surface area contributed by atoms with E-state index >= 15 is 0 Å². The van der Waals surface area contributed by atoms with Crippen molar-refractivity contribution in [2.45, 2.75) is 6.10 Å². The quantitative estimate of drug-likeness (QED) is 0.459. The summed E-state index contributed by atoms with van der Waals surface area (Å²) in [6.45, 7) is 1.89. The number of hydrogen-bond acceptors (Lipinski definition) is 7. The monoisotopic (exact) mass is 310 g/mol. The molecule has 0 spiro atoms. The molecule has 1 saturated heterocycles. The molecule has 1 fully saturated rings. The Hall–Kier alpha value is -2.19. The maximum Gasteiger partial charge on any atom is 0.339 e. The van der Waals surface area contributed by atoms with E-state index < -0.39 is 10.9 Å². The van der Waals surface area contributed by atoms with Crippen LogP contribution in [0.4, 0.5) is 11.4 Å². The minimum Gasteiger partial charge on any atom is -0.465 e. The molecule has 0 bridgehead atoms. The van der Waals surface area contributed by atoms with Gasteiger partial charge in [0.2, 0.25) is 0 Å². The first-order chi connectivity index (χ1) is 10.6. The van der Waals surface area contributed by atoms with E-state index in [1.165, 1.54) is 25.3 Å². The molecule has 0 aliphatic carbocycles. The highest BCUT2D eigenvalue weighted by Crippen LogP contribution is 2.28. The predicted molar refractivity (Wildman–Crippen MR) is 78.3 cm³/mol. The number of hydrogen-bond donors (Lipinski definition) is 0. The standard InChI is InChI=1S/C14H18N2O6/c1-20-9-11-8-15(5-6-22-11)13-7-10(16(18)19)3-4-12(13)14(17)21-2/h3-4,7,11H,5-6,8-9H2,1-2H3. The Kier molecular flexibility index (Phi) is 5.29. The number of carbonyl (C=O) groups is 1. The fourth-order valence-corrected chi connectivity index (χ4v) is 2.40. The van der Waals surface area contributed by atoms with Gasteiger partial charge in [-0.2, -0.15) is 0 Å². The zero-order valence-electron chi connectivity index (χ0n) is 12.5. The Morgan fingerprint density at radius 2 is 2.27 bits per heavy atom. The van der Waals surface area contributed by atoms with E-state index in [2.05, 4.69) is 0 Å². The number of esters is 1. The van der Waals surface area contributed by atoms with Crippen molar-refractivity contribution in [1.29, 1.82) is 0 Å². The van der Waals surface area contributed by atoms with Crippen LogP contribution in [0.5, 0.6) is 0 Å². The highest BCUT2D eigenvalue weighted by atomic mass is 16.6. The first-order valence-corrected chi connectivity index (χ1v) is 6.79. The number of anilines is 1. The van der Waals surface area contributed by atoms with Gasteiger partial charge in [0.1, 0.15) is 0 Å². The topological polar surface area (TPSA) is 91.1 Å². The summed E-state index contributed by atoms with van der Waals surface area (Å²) in [6, 6.07) is 4.10. The van der Waals surface area contributed by atoms with E-state index in [0.29, 0.717) is 37.6 Å². The summed E-state index contributed by atoms with van der Waals surface area (Å²) in [5.41, 5.74) is 0.703. The van der Waals surface area contributed by atoms with Gasteiger partial charge in [0.05, 0.1) is 42.6 Å². The third kappa shape index (κ3) is 3.52. The van der Waals surface area contributed by atoms with Gasteiger partial charge in [-0.3, -0.25) is 10.1 Å². The molecule has 22 heavy (non-hydrogen) atoms. The SMILES string of the molecule is COCC1CN(c2cc([N+](=O)[O-])ccc2C(=O)OC)CCO1. The van der Waals surface area contributed by atoms with E-state index in [0.717, 1.165) is 0 Å². The Bertz CT molecular complexity index is 560. The van der Waals surface area contributed by atoms with Crippen LogP contribution in [0.2, 0.25) is 0 Å². The lowest BCUT2D eigenvalue weighted by Gasteiger charge is -2.34. The van der Waals surface area contributed by atoms with Gasteiger partial charge >= 0.3 is 5.97 Å². The summed E-state index contributed by atoms with van der Waals surface area (Å²) in [6.07, 6.45) is -0.150. The van der Waals surface area contributed by atoms with Crippen LogP contribution in [0.3, 0.4) is 0 Å². The average molecular weight is 310 g/mol. The maximum atomic E-state index is 11.9. The number of benzene rings is 1. The van der Waals surface area contributed by atoms with Crippen molar-refractivity contribution in [2.24, 2.45) is 0 Å². The lowest BCUT2D eigenvalue weighted by molar-refractivity contribution is -0.384. The second kappa shape index (κ2) is 7.19. The molecule has 0 radical (unpaired) electrons. The molecule has 1 atom stereocenters. The fraction of sp³-hybridized carbons (Fsp3) is 0.500. The molecule has 1 unspecified atom stereocenters. The zero-order chi connectivity index (χ0) is 16.1. The van der Waals surface area contributed by atoms with Crippen molar-refractivity contribution < 1.29 is 23.9 Å². The Labute approximate surface area is 127 Å². The van der Waals surface area contributed by atoms with Crippen LogP contribution >= 0.6 is 0 Å². The Morgan fingerprint density at radius 1 is 1.50 bits per heavy atom. The van der Waals surface area contributed by atoms with E-state index in [4.69, 9.17) is 14.2 Å². The maximum absolute atomic E-state index is 11.9. The minimum atomic E-state index is -0.528. The molecule has 0 N–H and O–H groups in total. The number of carbonyl (C=O) groups excluding carboxylic acids is 1. The lowest BCUT2D eigenvalue weighted by atomic mass is 10.1. The summed E-state index contributed by atoms with van der Waals surface area (Å²) < 4.78 is 15.4. The van der Waals surface area contributed by atoms with Crippen molar-refractivity contribution in [2.75, 3.05) is 45.4 Å². The van der Waals surface area contributed by atoms with Gasteiger partial charge in [-0.25, -0.2) is 4.79 Å². The zero-order valence-corrected chi connectivity index (χ0v) is 12.5. The van der Waals surface area contributed by atoms with Gasteiger partial charge in [0, 0.05) is 32.3 Å². The van der Waals surface area contributed by atoms with E-state index in [9.17, 15) is 14.9 Å². The number of nitro benzene ring substituents is 1. The highest BCUT2D eigenvalue weighted by Gasteiger charge is 2.26. The van der Waals surface area contributed by atoms with Crippen LogP contribution in [-0.2, 0) is 14.2 Å².